The molecule has 1 heterocycles. The van der Waals surface area contributed by atoms with E-state index in [1.807, 2.05) is 11.0 Å². The Labute approximate surface area is 127 Å². The molecule has 1 aromatic rings. The molecule has 1 aliphatic carbocycles. The van der Waals surface area contributed by atoms with Crippen molar-refractivity contribution in [2.75, 3.05) is 13.1 Å². The van der Waals surface area contributed by atoms with Crippen LogP contribution >= 0.6 is 0 Å². The van der Waals surface area contributed by atoms with E-state index in [2.05, 4.69) is 43.1 Å². The van der Waals surface area contributed by atoms with Gasteiger partial charge in [0.15, 0.2) is 0 Å². The highest BCUT2D eigenvalue weighted by Gasteiger charge is 2.45. The lowest BCUT2D eigenvalue weighted by atomic mass is 10.00. The number of aryl methyl sites for hydroxylation is 1. The van der Waals surface area contributed by atoms with E-state index in [9.17, 15) is 4.79 Å². The smallest absolute Gasteiger partial charge is 0.317 e. The van der Waals surface area contributed by atoms with Crippen LogP contribution in [0.2, 0.25) is 0 Å². The molecule has 2 fully saturated rings. The predicted octanol–water partition coefficient (Wildman–Crippen LogP) is 3.29. The first-order chi connectivity index (χ1) is 10.1. The van der Waals surface area contributed by atoms with Crippen molar-refractivity contribution >= 4 is 6.03 Å². The molecule has 0 unspecified atom stereocenters. The number of likely N-dealkylation sites (tertiary alicyclic amines) is 1. The van der Waals surface area contributed by atoms with E-state index in [1.54, 1.807) is 0 Å². The zero-order chi connectivity index (χ0) is 14.9. The lowest BCUT2D eigenvalue weighted by Gasteiger charge is -2.23. The fourth-order valence-electron chi connectivity index (χ4n) is 3.14. The largest absolute Gasteiger partial charge is 0.332 e. The average molecular weight is 284 g/mol. The van der Waals surface area contributed by atoms with Gasteiger partial charge in [-0.05, 0) is 49.7 Å². The molecule has 0 radical (unpaired) electrons. The summed E-state index contributed by atoms with van der Waals surface area (Å²) in [5.41, 5.74) is 2.65. The van der Waals surface area contributed by atoms with Crippen molar-refractivity contribution in [3.63, 3.8) is 0 Å². The van der Waals surface area contributed by atoms with Crippen LogP contribution in [0.5, 0.6) is 0 Å². The lowest BCUT2D eigenvalue weighted by Crippen LogP contribution is -2.46. The van der Waals surface area contributed by atoms with Crippen LogP contribution in [-0.2, 0) is 6.42 Å². The summed E-state index contributed by atoms with van der Waals surface area (Å²) in [5, 5.41) is 3.28. The minimum atomic E-state index is -0.00450. The first-order valence-electron chi connectivity index (χ1n) is 7.86. The molecule has 2 aliphatic rings. The number of rotatable bonds is 4. The summed E-state index contributed by atoms with van der Waals surface area (Å²) in [4.78, 5) is 14.4. The minimum Gasteiger partial charge on any atom is -0.332 e. The van der Waals surface area contributed by atoms with E-state index >= 15 is 0 Å². The summed E-state index contributed by atoms with van der Waals surface area (Å²) in [6, 6.07) is 8.56. The summed E-state index contributed by atoms with van der Waals surface area (Å²) < 4.78 is 0. The van der Waals surface area contributed by atoms with E-state index in [4.69, 9.17) is 0 Å². The first-order valence-corrected chi connectivity index (χ1v) is 7.86. The Morgan fingerprint density at radius 1 is 1.48 bits per heavy atom. The Bertz CT molecular complexity index is 548. The number of hydrogen-bond donors (Lipinski definition) is 1. The van der Waals surface area contributed by atoms with Gasteiger partial charge in [-0.15, -0.1) is 6.58 Å². The Balaban J connectivity index is 1.61. The maximum Gasteiger partial charge on any atom is 0.317 e. The van der Waals surface area contributed by atoms with Gasteiger partial charge in [-0.2, -0.15) is 0 Å². The molecule has 1 atom stereocenters. The minimum absolute atomic E-state index is 0.00450. The predicted molar refractivity (Wildman–Crippen MR) is 85.3 cm³/mol. The van der Waals surface area contributed by atoms with Crippen LogP contribution in [0.15, 0.2) is 36.9 Å². The topological polar surface area (TPSA) is 32.3 Å². The second kappa shape index (κ2) is 5.55. The highest BCUT2D eigenvalue weighted by atomic mass is 16.2. The Hall–Kier alpha value is -1.77. The molecule has 2 amide bonds. The number of nitrogens with one attached hydrogen (secondary N) is 1. The molecule has 3 nitrogen and oxygen atoms in total. The van der Waals surface area contributed by atoms with Crippen LogP contribution in [0.4, 0.5) is 4.79 Å². The molecular weight excluding hydrogens is 260 g/mol. The number of urea groups is 1. The number of nitrogens with zero attached hydrogens (tertiary/aromatic N) is 1. The summed E-state index contributed by atoms with van der Waals surface area (Å²) >= 11 is 0. The van der Waals surface area contributed by atoms with E-state index in [0.717, 1.165) is 38.8 Å². The van der Waals surface area contributed by atoms with E-state index < -0.39 is 0 Å². The van der Waals surface area contributed by atoms with Crippen LogP contribution in [0.3, 0.4) is 0 Å². The standard InChI is InChI=1S/C18H24N2O/c1-3-15-8-11-20(13-15)17(21)19-18(9-10-18)12-16-7-5-4-6-14(16)2/h3-7,15H,1,8-13H2,2H3,(H,19,21)/t15-/m1/s1. The van der Waals surface area contributed by atoms with Gasteiger partial charge >= 0.3 is 6.03 Å². The van der Waals surface area contributed by atoms with Crippen molar-refractivity contribution in [1.82, 2.24) is 10.2 Å². The summed E-state index contributed by atoms with van der Waals surface area (Å²) in [6.45, 7) is 7.64. The molecule has 0 spiro atoms. The highest BCUT2D eigenvalue weighted by molar-refractivity contribution is 5.76. The van der Waals surface area contributed by atoms with Crippen molar-refractivity contribution in [1.29, 1.82) is 0 Å². The molecule has 3 heteroatoms. The van der Waals surface area contributed by atoms with Crippen LogP contribution in [0.1, 0.15) is 30.4 Å². The van der Waals surface area contributed by atoms with Crippen molar-refractivity contribution in [2.24, 2.45) is 5.92 Å². The van der Waals surface area contributed by atoms with Crippen molar-refractivity contribution in [3.05, 3.63) is 48.0 Å². The third-order valence-electron chi connectivity index (χ3n) is 4.86. The Morgan fingerprint density at radius 2 is 2.24 bits per heavy atom. The highest BCUT2D eigenvalue weighted by Crippen LogP contribution is 2.39. The van der Waals surface area contributed by atoms with Crippen LogP contribution in [-0.4, -0.2) is 29.6 Å². The van der Waals surface area contributed by atoms with Gasteiger partial charge in [0, 0.05) is 18.6 Å². The summed E-state index contributed by atoms with van der Waals surface area (Å²) in [7, 11) is 0. The number of carbonyl (C=O) groups excluding carboxylic acids is 1. The maximum absolute atomic E-state index is 12.4. The number of carbonyl (C=O) groups is 1. The molecule has 1 aliphatic heterocycles. The molecular formula is C18H24N2O. The van der Waals surface area contributed by atoms with Gasteiger partial charge in [0.1, 0.15) is 0 Å². The van der Waals surface area contributed by atoms with Crippen molar-refractivity contribution in [3.8, 4) is 0 Å². The van der Waals surface area contributed by atoms with E-state index in [1.165, 1.54) is 11.1 Å². The molecule has 3 rings (SSSR count). The van der Waals surface area contributed by atoms with Gasteiger partial charge in [-0.1, -0.05) is 30.3 Å². The molecule has 21 heavy (non-hydrogen) atoms. The molecule has 0 aromatic heterocycles. The molecule has 1 saturated heterocycles. The molecule has 112 valence electrons. The van der Waals surface area contributed by atoms with Gasteiger partial charge in [-0.3, -0.25) is 0 Å². The van der Waals surface area contributed by atoms with E-state index in [-0.39, 0.29) is 11.6 Å². The van der Waals surface area contributed by atoms with Gasteiger partial charge < -0.3 is 10.2 Å². The number of benzene rings is 1. The molecule has 0 bridgehead atoms. The zero-order valence-corrected chi connectivity index (χ0v) is 12.8. The Kier molecular flexibility index (Phi) is 3.75. The SMILES string of the molecule is C=C[C@@H]1CCN(C(=O)NC2(Cc3ccccc3C)CC2)C1. The third-order valence-corrected chi connectivity index (χ3v) is 4.86. The fraction of sp³-hybridized carbons (Fsp3) is 0.500. The fourth-order valence-corrected chi connectivity index (χ4v) is 3.14. The third kappa shape index (κ3) is 3.12. The number of hydrogen-bond acceptors (Lipinski definition) is 1. The molecule has 1 saturated carbocycles. The van der Waals surface area contributed by atoms with Gasteiger partial charge in [0.05, 0.1) is 0 Å². The van der Waals surface area contributed by atoms with Gasteiger partial charge in [0.2, 0.25) is 0 Å². The van der Waals surface area contributed by atoms with Gasteiger partial charge in [0.25, 0.3) is 0 Å². The van der Waals surface area contributed by atoms with Crippen LogP contribution < -0.4 is 5.32 Å². The summed E-state index contributed by atoms with van der Waals surface area (Å²) in [6.07, 6.45) is 6.14. The monoisotopic (exact) mass is 284 g/mol. The second-order valence-corrected chi connectivity index (χ2v) is 6.54. The van der Waals surface area contributed by atoms with Crippen molar-refractivity contribution < 1.29 is 4.79 Å². The maximum atomic E-state index is 12.4. The van der Waals surface area contributed by atoms with Crippen LogP contribution in [0, 0.1) is 12.8 Å². The molecule has 1 aromatic carbocycles. The quantitative estimate of drug-likeness (QED) is 0.845. The zero-order valence-electron chi connectivity index (χ0n) is 12.8. The second-order valence-electron chi connectivity index (χ2n) is 6.54. The lowest BCUT2D eigenvalue weighted by molar-refractivity contribution is 0.202. The average Bonchev–Trinajstić information content (AvgIpc) is 3.04. The normalized spacial score (nSPS) is 22.9. The first kappa shape index (κ1) is 14.2. The number of amides is 2. The van der Waals surface area contributed by atoms with Crippen LogP contribution in [0.25, 0.3) is 0 Å². The molecule has 1 N–H and O–H groups in total. The van der Waals surface area contributed by atoms with E-state index in [0.29, 0.717) is 5.92 Å². The Morgan fingerprint density at radius 3 is 2.86 bits per heavy atom. The summed E-state index contributed by atoms with van der Waals surface area (Å²) in [5.74, 6) is 0.460. The van der Waals surface area contributed by atoms with Crippen molar-refractivity contribution in [2.45, 2.75) is 38.1 Å². The van der Waals surface area contributed by atoms with Gasteiger partial charge in [-0.25, -0.2) is 4.79 Å².